The van der Waals surface area contributed by atoms with Crippen LogP contribution in [0.1, 0.15) is 23.1 Å². The monoisotopic (exact) mass is 174 g/mol. The SMILES string of the molecule is CCc1[nH]nc(C(=O)O)c1Cl. The molecule has 0 aromatic carbocycles. The van der Waals surface area contributed by atoms with Gasteiger partial charge in [-0.15, -0.1) is 0 Å². The van der Waals surface area contributed by atoms with E-state index in [1.165, 1.54) is 0 Å². The first-order valence-electron chi connectivity index (χ1n) is 3.12. The predicted molar refractivity (Wildman–Crippen MR) is 39.9 cm³/mol. The fourth-order valence-corrected chi connectivity index (χ4v) is 1.04. The fourth-order valence-electron chi connectivity index (χ4n) is 0.740. The van der Waals surface area contributed by atoms with Gasteiger partial charge in [-0.25, -0.2) is 4.79 Å². The van der Waals surface area contributed by atoms with Crippen LogP contribution in [0.4, 0.5) is 0 Å². The van der Waals surface area contributed by atoms with Crippen molar-refractivity contribution in [2.24, 2.45) is 0 Å². The van der Waals surface area contributed by atoms with Gasteiger partial charge in [-0.05, 0) is 6.42 Å². The summed E-state index contributed by atoms with van der Waals surface area (Å²) in [4.78, 5) is 10.4. The number of nitrogens with one attached hydrogen (secondary N) is 1. The average molecular weight is 175 g/mol. The zero-order chi connectivity index (χ0) is 8.43. The minimum Gasteiger partial charge on any atom is -0.476 e. The summed E-state index contributed by atoms with van der Waals surface area (Å²) in [6.45, 7) is 1.87. The second-order valence-electron chi connectivity index (χ2n) is 2.02. The van der Waals surface area contributed by atoms with Gasteiger partial charge in [-0.2, -0.15) is 5.10 Å². The summed E-state index contributed by atoms with van der Waals surface area (Å²) in [6, 6.07) is 0. The zero-order valence-electron chi connectivity index (χ0n) is 5.89. The third kappa shape index (κ3) is 1.35. The van der Waals surface area contributed by atoms with E-state index in [2.05, 4.69) is 10.2 Å². The summed E-state index contributed by atoms with van der Waals surface area (Å²) in [5.74, 6) is -1.11. The molecule has 1 aromatic heterocycles. The lowest BCUT2D eigenvalue weighted by Crippen LogP contribution is -1.96. The Bertz CT molecular complexity index is 282. The summed E-state index contributed by atoms with van der Waals surface area (Å²) in [6.07, 6.45) is 0.652. The van der Waals surface area contributed by atoms with Crippen LogP contribution in [0.2, 0.25) is 5.02 Å². The smallest absolute Gasteiger partial charge is 0.357 e. The van der Waals surface area contributed by atoms with E-state index in [0.29, 0.717) is 12.1 Å². The number of aryl methyl sites for hydroxylation is 1. The van der Waals surface area contributed by atoms with Crippen LogP contribution in [-0.4, -0.2) is 21.3 Å². The Kier molecular flexibility index (Phi) is 2.14. The van der Waals surface area contributed by atoms with E-state index < -0.39 is 5.97 Å². The molecule has 11 heavy (non-hydrogen) atoms. The highest BCUT2D eigenvalue weighted by atomic mass is 35.5. The average Bonchev–Trinajstić information content (AvgIpc) is 2.30. The summed E-state index contributed by atoms with van der Waals surface area (Å²) >= 11 is 5.64. The number of H-pyrrole nitrogens is 1. The van der Waals surface area contributed by atoms with E-state index >= 15 is 0 Å². The highest BCUT2D eigenvalue weighted by molar-refractivity contribution is 6.33. The van der Waals surface area contributed by atoms with Gasteiger partial charge >= 0.3 is 5.97 Å². The third-order valence-electron chi connectivity index (χ3n) is 1.33. The van der Waals surface area contributed by atoms with Gasteiger partial charge in [0.25, 0.3) is 0 Å². The molecule has 1 aromatic rings. The lowest BCUT2D eigenvalue weighted by atomic mass is 10.3. The minimum atomic E-state index is -1.11. The first-order chi connectivity index (χ1) is 5.16. The van der Waals surface area contributed by atoms with Crippen molar-refractivity contribution in [3.8, 4) is 0 Å². The molecule has 0 saturated heterocycles. The van der Waals surface area contributed by atoms with Crippen LogP contribution < -0.4 is 0 Å². The lowest BCUT2D eigenvalue weighted by molar-refractivity contribution is 0.0690. The molecule has 0 amide bonds. The van der Waals surface area contributed by atoms with Crippen LogP contribution in [0.5, 0.6) is 0 Å². The second kappa shape index (κ2) is 2.92. The van der Waals surface area contributed by atoms with E-state index in [-0.39, 0.29) is 10.7 Å². The van der Waals surface area contributed by atoms with Crippen LogP contribution in [0, 0.1) is 0 Å². The number of hydrogen-bond acceptors (Lipinski definition) is 2. The quantitative estimate of drug-likeness (QED) is 0.711. The number of hydrogen-bond donors (Lipinski definition) is 2. The normalized spacial score (nSPS) is 10.0. The largest absolute Gasteiger partial charge is 0.476 e. The number of aromatic carboxylic acids is 1. The van der Waals surface area contributed by atoms with E-state index in [9.17, 15) is 4.79 Å². The standard InChI is InChI=1S/C6H7ClN2O2/c1-2-3-4(7)5(6(10)11)9-8-3/h2H2,1H3,(H,8,9)(H,10,11). The van der Waals surface area contributed by atoms with Crippen LogP contribution in [0.3, 0.4) is 0 Å². The minimum absolute atomic E-state index is 0.108. The van der Waals surface area contributed by atoms with E-state index in [1.807, 2.05) is 6.92 Å². The Hall–Kier alpha value is -1.03. The summed E-state index contributed by atoms with van der Waals surface area (Å²) < 4.78 is 0. The number of halogens is 1. The number of nitrogens with zero attached hydrogens (tertiary/aromatic N) is 1. The second-order valence-corrected chi connectivity index (χ2v) is 2.40. The third-order valence-corrected chi connectivity index (χ3v) is 1.74. The molecular weight excluding hydrogens is 168 g/mol. The number of carboxylic acid groups (broad SMARTS) is 1. The van der Waals surface area contributed by atoms with Crippen molar-refractivity contribution in [3.05, 3.63) is 16.4 Å². The Labute approximate surface area is 68.2 Å². The molecule has 0 atom stereocenters. The van der Waals surface area contributed by atoms with Gasteiger partial charge in [0.1, 0.15) is 0 Å². The number of aromatic nitrogens is 2. The highest BCUT2D eigenvalue weighted by Crippen LogP contribution is 2.17. The highest BCUT2D eigenvalue weighted by Gasteiger charge is 2.15. The van der Waals surface area contributed by atoms with Gasteiger partial charge in [-0.1, -0.05) is 18.5 Å². The van der Waals surface area contributed by atoms with Crippen LogP contribution in [-0.2, 0) is 6.42 Å². The molecular formula is C6H7ClN2O2. The molecule has 0 aliphatic heterocycles. The van der Waals surface area contributed by atoms with Gasteiger partial charge in [0.05, 0.1) is 10.7 Å². The van der Waals surface area contributed by atoms with Crippen molar-refractivity contribution in [1.82, 2.24) is 10.2 Å². The van der Waals surface area contributed by atoms with Crippen LogP contribution in [0.25, 0.3) is 0 Å². The maximum atomic E-state index is 10.4. The van der Waals surface area contributed by atoms with Crippen LogP contribution in [0.15, 0.2) is 0 Å². The fraction of sp³-hybridized carbons (Fsp3) is 0.333. The van der Waals surface area contributed by atoms with Crippen molar-refractivity contribution in [3.63, 3.8) is 0 Å². The van der Waals surface area contributed by atoms with Crippen molar-refractivity contribution in [1.29, 1.82) is 0 Å². The van der Waals surface area contributed by atoms with Gasteiger partial charge < -0.3 is 5.11 Å². The maximum Gasteiger partial charge on any atom is 0.357 e. The Morgan fingerprint density at radius 1 is 1.82 bits per heavy atom. The molecule has 4 nitrogen and oxygen atoms in total. The summed E-state index contributed by atoms with van der Waals surface area (Å²) in [5, 5.41) is 14.8. The van der Waals surface area contributed by atoms with Crippen molar-refractivity contribution in [2.75, 3.05) is 0 Å². The topological polar surface area (TPSA) is 66.0 Å². The molecule has 0 saturated carbocycles. The molecule has 0 spiro atoms. The van der Waals surface area contributed by atoms with Crippen molar-refractivity contribution < 1.29 is 9.90 Å². The first-order valence-corrected chi connectivity index (χ1v) is 3.50. The Morgan fingerprint density at radius 2 is 2.45 bits per heavy atom. The maximum absolute atomic E-state index is 10.4. The molecule has 1 heterocycles. The summed E-state index contributed by atoms with van der Waals surface area (Å²) in [7, 11) is 0. The van der Waals surface area contributed by atoms with E-state index in [4.69, 9.17) is 16.7 Å². The molecule has 0 aliphatic rings. The van der Waals surface area contributed by atoms with E-state index in [0.717, 1.165) is 0 Å². The Balaban J connectivity index is 3.10. The van der Waals surface area contributed by atoms with E-state index in [1.54, 1.807) is 0 Å². The lowest BCUT2D eigenvalue weighted by Gasteiger charge is -1.88. The molecule has 0 bridgehead atoms. The molecule has 0 aliphatic carbocycles. The summed E-state index contributed by atoms with van der Waals surface area (Å²) in [5.41, 5.74) is 0.549. The number of aromatic amines is 1. The molecule has 5 heteroatoms. The molecule has 0 radical (unpaired) electrons. The van der Waals surface area contributed by atoms with Gasteiger partial charge in [0, 0.05) is 0 Å². The molecule has 0 unspecified atom stereocenters. The van der Waals surface area contributed by atoms with Gasteiger partial charge in [-0.3, -0.25) is 5.10 Å². The molecule has 1 rings (SSSR count). The van der Waals surface area contributed by atoms with Crippen LogP contribution >= 0.6 is 11.6 Å². The number of carbonyl (C=O) groups is 1. The predicted octanol–water partition coefficient (Wildman–Crippen LogP) is 1.32. The number of carboxylic acids is 1. The first kappa shape index (κ1) is 8.07. The number of rotatable bonds is 2. The molecule has 2 N–H and O–H groups in total. The Morgan fingerprint density at radius 3 is 2.73 bits per heavy atom. The van der Waals surface area contributed by atoms with Gasteiger partial charge in [0.15, 0.2) is 5.69 Å². The molecule has 0 fully saturated rings. The zero-order valence-corrected chi connectivity index (χ0v) is 6.64. The van der Waals surface area contributed by atoms with Crippen molar-refractivity contribution >= 4 is 17.6 Å². The van der Waals surface area contributed by atoms with Crippen molar-refractivity contribution in [2.45, 2.75) is 13.3 Å². The van der Waals surface area contributed by atoms with Gasteiger partial charge in [0.2, 0.25) is 0 Å². The molecule has 60 valence electrons.